The molecule has 0 fully saturated rings. The van der Waals surface area contributed by atoms with Crippen molar-refractivity contribution in [1.82, 2.24) is 0 Å². The predicted molar refractivity (Wildman–Crippen MR) is 50.4 cm³/mol. The van der Waals surface area contributed by atoms with E-state index < -0.39 is 26.0 Å². The van der Waals surface area contributed by atoms with Crippen LogP contribution in [-0.2, 0) is 23.8 Å². The summed E-state index contributed by atoms with van der Waals surface area (Å²) in [4.78, 5) is 31.0. The number of phosphoric acid groups is 2. The van der Waals surface area contributed by atoms with Gasteiger partial charge < -0.3 is 21.0 Å². The topological polar surface area (TPSA) is 199 Å². The Kier molecular flexibility index (Phi) is 15.7. The molecule has 0 bridgehead atoms. The normalized spacial score (nSPS) is 11.4. The molecule has 0 saturated carbocycles. The predicted octanol–water partition coefficient (Wildman–Crippen LogP) is -5.53. The third-order valence-corrected chi connectivity index (χ3v) is 1.91. The summed E-state index contributed by atoms with van der Waals surface area (Å²) in [7, 11) is -14.8. The monoisotopic (exact) mass is 330 g/mol. The van der Waals surface area contributed by atoms with Crippen LogP contribution in [0, 0.1) is 0 Å². The fourth-order valence-corrected chi connectivity index (χ4v) is 1.25. The van der Waals surface area contributed by atoms with Crippen molar-refractivity contribution in [3.05, 3.63) is 0 Å². The van der Waals surface area contributed by atoms with E-state index in [0.29, 0.717) is 0 Å². The molecule has 0 radical (unpaired) electrons. The van der Waals surface area contributed by atoms with Gasteiger partial charge in [-0.3, -0.25) is 9.11 Å². The van der Waals surface area contributed by atoms with Gasteiger partial charge in [-0.2, -0.15) is 12.7 Å². The van der Waals surface area contributed by atoms with Crippen LogP contribution in [0.5, 0.6) is 0 Å². The number of rotatable bonds is 2. The molecule has 0 aromatic carbocycles. The van der Waals surface area contributed by atoms with E-state index in [1.807, 2.05) is 0 Å². The zero-order chi connectivity index (χ0) is 12.2. The van der Waals surface area contributed by atoms with Crippen molar-refractivity contribution in [1.29, 1.82) is 0 Å². The van der Waals surface area contributed by atoms with Gasteiger partial charge >= 0.3 is 55.6 Å². The number of hydrogen-bond donors (Lipinski definition) is 6. The second-order valence-electron chi connectivity index (χ2n) is 1.51. The van der Waals surface area contributed by atoms with E-state index in [1.54, 1.807) is 0 Å². The minimum atomic E-state index is -5.05. The summed E-state index contributed by atoms with van der Waals surface area (Å²) in [6, 6.07) is 0. The maximum absolute atomic E-state index is 9.63. The van der Waals surface area contributed by atoms with E-state index in [0.717, 1.165) is 0 Å². The Morgan fingerprint density at radius 3 is 1.06 bits per heavy atom. The maximum atomic E-state index is 9.63. The smallest absolute Gasteiger partial charge is 1.00 e. The first-order valence-corrected chi connectivity index (χ1v) is 6.69. The fourth-order valence-electron chi connectivity index (χ4n) is 0.139. The molecule has 96 valence electrons. The largest absolute Gasteiger partial charge is 1.00 e. The summed E-state index contributed by atoms with van der Waals surface area (Å²) in [6.45, 7) is 0. The molecule has 16 heavy (non-hydrogen) atoms. The molecule has 0 aliphatic carbocycles. The Bertz CT molecular complexity index is 324. The van der Waals surface area contributed by atoms with E-state index in [2.05, 4.69) is 4.31 Å². The summed E-state index contributed by atoms with van der Waals surface area (Å²) in [5, 5.41) is 0. The minimum absolute atomic E-state index is 0. The summed E-state index contributed by atoms with van der Waals surface area (Å²) in [5.74, 6) is 0. The van der Waals surface area contributed by atoms with E-state index in [9.17, 15) is 9.13 Å². The molecule has 0 saturated heterocycles. The molecular formula is H10AlNaO11P2S. The van der Waals surface area contributed by atoms with Gasteiger partial charge in [0, 0.05) is 0 Å². The van der Waals surface area contributed by atoms with Crippen molar-refractivity contribution >= 4 is 43.4 Å². The van der Waals surface area contributed by atoms with Gasteiger partial charge in [-0.25, -0.2) is 9.13 Å². The van der Waals surface area contributed by atoms with E-state index in [1.165, 1.54) is 0 Å². The Morgan fingerprint density at radius 1 is 0.938 bits per heavy atom. The van der Waals surface area contributed by atoms with Crippen LogP contribution < -0.4 is 29.6 Å². The molecule has 0 aliphatic heterocycles. The molecule has 0 aromatic rings. The fraction of sp³-hybridized carbons (Fsp3) is 0. The standard InChI is InChI=1S/Al.Na.H4O7P2.H2O4S.4H/c;;1-8(2,3)7-9(4,5)6;1-5(2,3)4;;;;/h;;(H2,1,2,3)(H2,4,5,6);(H2,1,2,3,4);;;;/q;+1;;;;;;-1. The Hall–Kier alpha value is 1.66. The molecule has 16 heteroatoms. The Morgan fingerprint density at radius 2 is 1.06 bits per heavy atom. The van der Waals surface area contributed by atoms with Crippen LogP contribution in [0.4, 0.5) is 0 Å². The molecule has 6 N–H and O–H groups in total. The minimum Gasteiger partial charge on any atom is -1.00 e. The molecule has 11 nitrogen and oxygen atoms in total. The van der Waals surface area contributed by atoms with Crippen LogP contribution in [-0.4, -0.2) is 54.5 Å². The van der Waals surface area contributed by atoms with E-state index in [4.69, 9.17) is 37.1 Å². The van der Waals surface area contributed by atoms with Gasteiger partial charge in [-0.1, -0.05) is 0 Å². The molecule has 0 heterocycles. The van der Waals surface area contributed by atoms with Crippen LogP contribution in [0.25, 0.3) is 0 Å². The molecule has 0 amide bonds. The van der Waals surface area contributed by atoms with Gasteiger partial charge in [-0.05, 0) is 0 Å². The summed E-state index contributed by atoms with van der Waals surface area (Å²) in [5.41, 5.74) is 0. The zero-order valence-electron chi connectivity index (χ0n) is 8.03. The van der Waals surface area contributed by atoms with Crippen LogP contribution in [0.3, 0.4) is 0 Å². The van der Waals surface area contributed by atoms with Crippen LogP contribution in [0.2, 0.25) is 0 Å². The Labute approximate surface area is 124 Å². The Balaban J connectivity index is -0.0000000533. The zero-order valence-corrected chi connectivity index (χ0v) is 11.6. The van der Waals surface area contributed by atoms with E-state index in [-0.39, 0.29) is 48.3 Å². The summed E-state index contributed by atoms with van der Waals surface area (Å²) < 4.78 is 53.8. The quantitative estimate of drug-likeness (QED) is 0.160. The molecule has 0 rings (SSSR count). The molecule has 0 aliphatic rings. The molecule has 0 spiro atoms. The second-order valence-corrected chi connectivity index (χ2v) is 5.02. The first-order chi connectivity index (χ1) is 5.71. The third kappa shape index (κ3) is 57.4. The van der Waals surface area contributed by atoms with Gasteiger partial charge in [0.15, 0.2) is 17.4 Å². The second kappa shape index (κ2) is 9.57. The average molecular weight is 330 g/mol. The molecular weight excluding hydrogens is 320 g/mol. The van der Waals surface area contributed by atoms with Gasteiger partial charge in [0.1, 0.15) is 0 Å². The average Bonchev–Trinajstić information content (AvgIpc) is 1.42. The van der Waals surface area contributed by atoms with Crippen LogP contribution in [0.1, 0.15) is 1.43 Å². The van der Waals surface area contributed by atoms with Crippen LogP contribution >= 0.6 is 15.6 Å². The SMILES string of the molecule is O=P(O)(O)OP(=O)(O)O.O=S(=O)(O)O.[AlH3].[H-].[Na+]. The molecule has 0 atom stereocenters. The van der Waals surface area contributed by atoms with Crippen molar-refractivity contribution in [3.8, 4) is 0 Å². The molecule has 0 unspecified atom stereocenters. The van der Waals surface area contributed by atoms with Gasteiger partial charge in [0.25, 0.3) is 0 Å². The summed E-state index contributed by atoms with van der Waals surface area (Å²) in [6.07, 6.45) is 0. The van der Waals surface area contributed by atoms with Gasteiger partial charge in [0.05, 0.1) is 0 Å². The van der Waals surface area contributed by atoms with E-state index >= 15 is 0 Å². The van der Waals surface area contributed by atoms with Gasteiger partial charge in [0.2, 0.25) is 0 Å². The van der Waals surface area contributed by atoms with Crippen molar-refractivity contribution in [2.75, 3.05) is 0 Å². The first-order valence-electron chi connectivity index (χ1n) is 2.23. The van der Waals surface area contributed by atoms with Crippen molar-refractivity contribution in [2.24, 2.45) is 0 Å². The van der Waals surface area contributed by atoms with Crippen LogP contribution in [0.15, 0.2) is 0 Å². The van der Waals surface area contributed by atoms with Gasteiger partial charge in [-0.15, -0.1) is 0 Å². The number of hydrogen-bond acceptors (Lipinski definition) is 5. The third-order valence-electron chi connectivity index (χ3n) is 0.213. The first kappa shape index (κ1) is 26.3. The van der Waals surface area contributed by atoms with Crippen molar-refractivity contribution in [2.45, 2.75) is 0 Å². The summed E-state index contributed by atoms with van der Waals surface area (Å²) >= 11 is 0. The maximum Gasteiger partial charge on any atom is 1.00 e. The molecule has 0 aromatic heterocycles. The van der Waals surface area contributed by atoms with Crippen molar-refractivity contribution in [3.63, 3.8) is 0 Å². The van der Waals surface area contributed by atoms with Crippen molar-refractivity contribution < 1.29 is 81.5 Å².